The van der Waals surface area contributed by atoms with E-state index in [1.54, 1.807) is 0 Å². The topological polar surface area (TPSA) is 0 Å². The average Bonchev–Trinajstić information content (AvgIpc) is 2.57. The third-order valence-corrected chi connectivity index (χ3v) is 5.36. The number of halogens is 1. The van der Waals surface area contributed by atoms with Crippen molar-refractivity contribution in [1.29, 1.82) is 0 Å². The number of hydrogen-bond acceptors (Lipinski definition) is 0. The standard InChI is InChI=1S/C20H15ClSe/c21-18-12-7-13-19(14-18)22-15-20(16-8-3-1-4-9-16)17-10-5-2-6-11-17/h1-15H. The molecule has 0 radical (unpaired) electrons. The summed E-state index contributed by atoms with van der Waals surface area (Å²) in [6, 6.07) is 29.2. The van der Waals surface area contributed by atoms with Crippen LogP contribution in [0.1, 0.15) is 11.1 Å². The van der Waals surface area contributed by atoms with Gasteiger partial charge in [-0.05, 0) is 0 Å². The van der Waals surface area contributed by atoms with E-state index in [0.29, 0.717) is 0 Å². The Bertz CT molecular complexity index is 722. The summed E-state index contributed by atoms with van der Waals surface area (Å²) < 4.78 is 1.28. The molecular formula is C20H15ClSe. The second-order valence-electron chi connectivity index (χ2n) is 4.84. The van der Waals surface area contributed by atoms with E-state index in [9.17, 15) is 0 Å². The molecule has 3 rings (SSSR count). The fourth-order valence-electron chi connectivity index (χ4n) is 2.21. The summed E-state index contributed by atoms with van der Waals surface area (Å²) in [6.07, 6.45) is 0. The molecule has 2 heteroatoms. The molecule has 22 heavy (non-hydrogen) atoms. The molecule has 0 heterocycles. The summed E-state index contributed by atoms with van der Waals surface area (Å²) in [5, 5.41) is 0.800. The van der Waals surface area contributed by atoms with Crippen LogP contribution in [0, 0.1) is 0 Å². The van der Waals surface area contributed by atoms with E-state index in [-0.39, 0.29) is 15.0 Å². The van der Waals surface area contributed by atoms with Crippen molar-refractivity contribution in [3.8, 4) is 0 Å². The van der Waals surface area contributed by atoms with Gasteiger partial charge in [-0.1, -0.05) is 0 Å². The minimum atomic E-state index is 0.242. The number of hydrogen-bond donors (Lipinski definition) is 0. The summed E-state index contributed by atoms with van der Waals surface area (Å²) in [7, 11) is 0. The van der Waals surface area contributed by atoms with Crippen LogP contribution in [0.15, 0.2) is 89.9 Å². The first-order valence-corrected chi connectivity index (χ1v) is 9.28. The van der Waals surface area contributed by atoms with Gasteiger partial charge in [-0.2, -0.15) is 0 Å². The molecule has 0 saturated carbocycles. The molecule has 0 atom stereocenters. The fourth-order valence-corrected chi connectivity index (χ4v) is 4.39. The van der Waals surface area contributed by atoms with Crippen molar-refractivity contribution in [2.75, 3.05) is 0 Å². The molecule has 0 spiro atoms. The summed E-state index contributed by atoms with van der Waals surface area (Å²) >= 11 is 6.33. The van der Waals surface area contributed by atoms with Gasteiger partial charge in [-0.15, -0.1) is 0 Å². The average molecular weight is 370 g/mol. The molecule has 0 aliphatic heterocycles. The number of rotatable bonds is 4. The molecule has 3 aromatic rings. The molecule has 0 saturated heterocycles. The molecule has 0 aliphatic carbocycles. The maximum atomic E-state index is 6.08. The van der Waals surface area contributed by atoms with Crippen molar-refractivity contribution >= 4 is 36.6 Å². The second kappa shape index (κ2) is 7.47. The second-order valence-corrected chi connectivity index (χ2v) is 7.25. The fraction of sp³-hybridized carbons (Fsp3) is 0. The normalized spacial score (nSPS) is 10.2. The minimum absolute atomic E-state index is 0.242. The Morgan fingerprint density at radius 3 is 1.86 bits per heavy atom. The van der Waals surface area contributed by atoms with Crippen LogP contribution in [0.25, 0.3) is 5.57 Å². The quantitative estimate of drug-likeness (QED) is 0.582. The van der Waals surface area contributed by atoms with Crippen molar-refractivity contribution in [1.82, 2.24) is 0 Å². The zero-order chi connectivity index (χ0) is 15.2. The van der Waals surface area contributed by atoms with Crippen LogP contribution in [0.2, 0.25) is 5.02 Å². The third-order valence-electron chi connectivity index (χ3n) is 3.28. The van der Waals surface area contributed by atoms with Crippen LogP contribution < -0.4 is 4.46 Å². The van der Waals surface area contributed by atoms with Gasteiger partial charge in [0.05, 0.1) is 0 Å². The molecular weight excluding hydrogens is 355 g/mol. The van der Waals surface area contributed by atoms with Crippen LogP contribution in [-0.2, 0) is 0 Å². The summed E-state index contributed by atoms with van der Waals surface area (Å²) in [6.45, 7) is 0. The van der Waals surface area contributed by atoms with Crippen molar-refractivity contribution < 1.29 is 0 Å². The first-order chi connectivity index (χ1) is 10.8. The van der Waals surface area contributed by atoms with Gasteiger partial charge in [-0.25, -0.2) is 0 Å². The Labute approximate surface area is 142 Å². The van der Waals surface area contributed by atoms with Gasteiger partial charge < -0.3 is 0 Å². The van der Waals surface area contributed by atoms with Gasteiger partial charge in [0.1, 0.15) is 0 Å². The van der Waals surface area contributed by atoms with Crippen LogP contribution in [0.5, 0.6) is 0 Å². The molecule has 0 bridgehead atoms. The van der Waals surface area contributed by atoms with E-state index < -0.39 is 0 Å². The van der Waals surface area contributed by atoms with Crippen molar-refractivity contribution in [3.05, 3.63) is 106 Å². The van der Waals surface area contributed by atoms with E-state index in [1.807, 2.05) is 30.3 Å². The molecule has 0 amide bonds. The molecule has 0 aromatic heterocycles. The van der Waals surface area contributed by atoms with E-state index in [0.717, 1.165) is 5.02 Å². The molecule has 108 valence electrons. The van der Waals surface area contributed by atoms with Gasteiger partial charge in [-0.3, -0.25) is 0 Å². The number of benzene rings is 3. The van der Waals surface area contributed by atoms with Gasteiger partial charge in [0.15, 0.2) is 0 Å². The van der Waals surface area contributed by atoms with Crippen molar-refractivity contribution in [2.45, 2.75) is 0 Å². The van der Waals surface area contributed by atoms with Crippen LogP contribution in [0.3, 0.4) is 0 Å². The molecule has 0 aliphatic rings. The van der Waals surface area contributed by atoms with Gasteiger partial charge >= 0.3 is 143 Å². The molecule has 0 unspecified atom stereocenters. The Kier molecular flexibility index (Phi) is 5.13. The zero-order valence-corrected chi connectivity index (χ0v) is 14.4. The summed E-state index contributed by atoms with van der Waals surface area (Å²) in [5.41, 5.74) is 3.77. The summed E-state index contributed by atoms with van der Waals surface area (Å²) in [5.74, 6) is 0. The van der Waals surface area contributed by atoms with E-state index >= 15 is 0 Å². The van der Waals surface area contributed by atoms with Gasteiger partial charge in [0, 0.05) is 0 Å². The van der Waals surface area contributed by atoms with E-state index in [1.165, 1.54) is 21.2 Å². The zero-order valence-electron chi connectivity index (χ0n) is 11.9. The van der Waals surface area contributed by atoms with Crippen LogP contribution in [0.4, 0.5) is 0 Å². The first-order valence-electron chi connectivity index (χ1n) is 7.06. The van der Waals surface area contributed by atoms with Crippen molar-refractivity contribution in [3.63, 3.8) is 0 Å². The Hall–Kier alpha value is -1.79. The predicted octanol–water partition coefficient (Wildman–Crippen LogP) is 4.76. The summed E-state index contributed by atoms with van der Waals surface area (Å²) in [4.78, 5) is 2.34. The van der Waals surface area contributed by atoms with Crippen LogP contribution in [-0.4, -0.2) is 15.0 Å². The predicted molar refractivity (Wildman–Crippen MR) is 96.8 cm³/mol. The van der Waals surface area contributed by atoms with Crippen molar-refractivity contribution in [2.24, 2.45) is 0 Å². The Morgan fingerprint density at radius 1 is 0.727 bits per heavy atom. The molecule has 0 fully saturated rings. The Balaban J connectivity index is 1.97. The Morgan fingerprint density at radius 2 is 1.32 bits per heavy atom. The monoisotopic (exact) mass is 370 g/mol. The SMILES string of the molecule is Clc1cccc([Se]C=C(c2ccccc2)c2ccccc2)c1. The first kappa shape index (κ1) is 15.1. The van der Waals surface area contributed by atoms with Gasteiger partial charge in [0.25, 0.3) is 0 Å². The molecule has 0 N–H and O–H groups in total. The van der Waals surface area contributed by atoms with Crippen LogP contribution >= 0.6 is 11.6 Å². The van der Waals surface area contributed by atoms with E-state index in [2.05, 4.69) is 59.6 Å². The third kappa shape index (κ3) is 3.90. The maximum absolute atomic E-state index is 6.08. The molecule has 3 aromatic carbocycles. The van der Waals surface area contributed by atoms with Gasteiger partial charge in [0.2, 0.25) is 0 Å². The molecule has 0 nitrogen and oxygen atoms in total. The van der Waals surface area contributed by atoms with E-state index in [4.69, 9.17) is 11.6 Å².